The van der Waals surface area contributed by atoms with E-state index in [2.05, 4.69) is 10.6 Å². The summed E-state index contributed by atoms with van der Waals surface area (Å²) in [7, 11) is 0. The Morgan fingerprint density at radius 1 is 1.04 bits per heavy atom. The molecular weight excluding hydrogens is 302 g/mol. The van der Waals surface area contributed by atoms with Gasteiger partial charge in [-0.05, 0) is 50.1 Å². The Kier molecular flexibility index (Phi) is 6.09. The minimum absolute atomic E-state index is 0.0454. The first-order valence-corrected chi connectivity index (χ1v) is 7.98. The summed E-state index contributed by atoms with van der Waals surface area (Å²) in [6, 6.07) is 14.3. The van der Waals surface area contributed by atoms with Crippen LogP contribution < -0.4 is 16.4 Å². The second-order valence-corrected chi connectivity index (χ2v) is 5.87. The van der Waals surface area contributed by atoms with Crippen LogP contribution >= 0.6 is 0 Å². The second-order valence-electron chi connectivity index (χ2n) is 5.87. The number of carbonyl (C=O) groups is 2. The number of nitrogens with one attached hydrogen (secondary N) is 2. The summed E-state index contributed by atoms with van der Waals surface area (Å²) in [6.45, 7) is 4.31. The molecule has 0 bridgehead atoms. The first-order chi connectivity index (χ1) is 11.5. The molecule has 0 fully saturated rings. The highest BCUT2D eigenvalue weighted by Crippen LogP contribution is 2.18. The average Bonchev–Trinajstić information content (AvgIpc) is 2.57. The van der Waals surface area contributed by atoms with Gasteiger partial charge in [0.2, 0.25) is 0 Å². The third-order valence-electron chi connectivity index (χ3n) is 3.67. The van der Waals surface area contributed by atoms with Crippen molar-refractivity contribution in [1.29, 1.82) is 0 Å². The Morgan fingerprint density at radius 3 is 2.42 bits per heavy atom. The van der Waals surface area contributed by atoms with Crippen LogP contribution in [0.15, 0.2) is 48.5 Å². The molecular formula is C19H23N3O2. The largest absolute Gasteiger partial charge is 0.352 e. The second kappa shape index (κ2) is 8.26. The van der Waals surface area contributed by atoms with Gasteiger partial charge >= 0.3 is 0 Å². The van der Waals surface area contributed by atoms with Crippen LogP contribution in [0.5, 0.6) is 0 Å². The molecule has 1 unspecified atom stereocenters. The highest BCUT2D eigenvalue weighted by atomic mass is 16.2. The van der Waals surface area contributed by atoms with E-state index in [-0.39, 0.29) is 17.9 Å². The van der Waals surface area contributed by atoms with E-state index in [0.717, 1.165) is 12.0 Å². The maximum Gasteiger partial charge on any atom is 0.255 e. The molecule has 2 aromatic carbocycles. The van der Waals surface area contributed by atoms with Gasteiger partial charge in [0.25, 0.3) is 11.8 Å². The minimum atomic E-state index is -0.201. The van der Waals surface area contributed by atoms with Crippen LogP contribution in [0.25, 0.3) is 0 Å². The van der Waals surface area contributed by atoms with Gasteiger partial charge in [-0.25, -0.2) is 0 Å². The van der Waals surface area contributed by atoms with Gasteiger partial charge in [0.05, 0.1) is 0 Å². The molecule has 0 aromatic heterocycles. The molecule has 0 aliphatic heterocycles. The molecule has 2 amide bonds. The number of carbonyl (C=O) groups excluding carboxylic acids is 2. The molecule has 2 rings (SSSR count). The summed E-state index contributed by atoms with van der Waals surface area (Å²) >= 11 is 0. The Labute approximate surface area is 142 Å². The Morgan fingerprint density at radius 2 is 1.75 bits per heavy atom. The number of amides is 2. The number of rotatable bonds is 6. The smallest absolute Gasteiger partial charge is 0.255 e. The zero-order valence-corrected chi connectivity index (χ0v) is 14.0. The molecule has 0 aliphatic carbocycles. The van der Waals surface area contributed by atoms with Crippen molar-refractivity contribution in [2.24, 2.45) is 5.73 Å². The maximum absolute atomic E-state index is 12.3. The Bertz CT molecular complexity index is 712. The van der Waals surface area contributed by atoms with E-state index in [4.69, 9.17) is 5.73 Å². The first-order valence-electron chi connectivity index (χ1n) is 7.98. The molecule has 0 saturated carbocycles. The number of hydrogen-bond acceptors (Lipinski definition) is 3. The van der Waals surface area contributed by atoms with Crippen molar-refractivity contribution in [3.8, 4) is 0 Å². The third kappa shape index (κ3) is 4.93. The van der Waals surface area contributed by atoms with Gasteiger partial charge in [0.1, 0.15) is 0 Å². The molecule has 5 heteroatoms. The SMILES string of the molecule is Cc1ccc(C(=O)NCCC(C)N)cc1NC(=O)c1ccccc1. The number of benzene rings is 2. The van der Waals surface area contributed by atoms with Crippen LogP contribution in [-0.4, -0.2) is 24.4 Å². The van der Waals surface area contributed by atoms with Gasteiger partial charge in [-0.3, -0.25) is 9.59 Å². The Hall–Kier alpha value is -2.66. The summed E-state index contributed by atoms with van der Waals surface area (Å²) in [4.78, 5) is 24.4. The lowest BCUT2D eigenvalue weighted by molar-refractivity contribution is 0.0951. The average molecular weight is 325 g/mol. The van der Waals surface area contributed by atoms with E-state index in [1.807, 2.05) is 38.1 Å². The molecule has 2 aromatic rings. The normalized spacial score (nSPS) is 11.6. The van der Waals surface area contributed by atoms with Gasteiger partial charge in [-0.2, -0.15) is 0 Å². The summed E-state index contributed by atoms with van der Waals surface area (Å²) in [5.74, 6) is -0.376. The summed E-state index contributed by atoms with van der Waals surface area (Å²) in [5, 5.41) is 5.69. The van der Waals surface area contributed by atoms with Crippen molar-refractivity contribution in [3.05, 3.63) is 65.2 Å². The number of hydrogen-bond donors (Lipinski definition) is 3. The molecule has 5 nitrogen and oxygen atoms in total. The van der Waals surface area contributed by atoms with Crippen molar-refractivity contribution in [2.45, 2.75) is 26.3 Å². The molecule has 126 valence electrons. The van der Waals surface area contributed by atoms with Crippen LogP contribution in [0.2, 0.25) is 0 Å². The zero-order valence-electron chi connectivity index (χ0n) is 14.0. The lowest BCUT2D eigenvalue weighted by atomic mass is 10.1. The van der Waals surface area contributed by atoms with Gasteiger partial charge < -0.3 is 16.4 Å². The van der Waals surface area contributed by atoms with Gasteiger partial charge in [0.15, 0.2) is 0 Å². The molecule has 0 aliphatic rings. The highest BCUT2D eigenvalue weighted by molar-refractivity contribution is 6.05. The van der Waals surface area contributed by atoms with E-state index in [1.165, 1.54) is 0 Å². The van der Waals surface area contributed by atoms with Crippen molar-refractivity contribution in [3.63, 3.8) is 0 Å². The summed E-state index contributed by atoms with van der Waals surface area (Å²) in [5.41, 5.74) is 8.28. The number of anilines is 1. The molecule has 1 atom stereocenters. The predicted molar refractivity (Wildman–Crippen MR) is 96.2 cm³/mol. The maximum atomic E-state index is 12.3. The molecule has 0 radical (unpaired) electrons. The highest BCUT2D eigenvalue weighted by Gasteiger charge is 2.11. The minimum Gasteiger partial charge on any atom is -0.352 e. The van der Waals surface area contributed by atoms with E-state index in [9.17, 15) is 9.59 Å². The Balaban J connectivity index is 2.08. The number of nitrogens with two attached hydrogens (primary N) is 1. The molecule has 0 heterocycles. The van der Waals surface area contributed by atoms with E-state index in [1.54, 1.807) is 24.3 Å². The summed E-state index contributed by atoms with van der Waals surface area (Å²) < 4.78 is 0. The predicted octanol–water partition coefficient (Wildman–Crippen LogP) is 2.71. The fourth-order valence-corrected chi connectivity index (χ4v) is 2.20. The van der Waals surface area contributed by atoms with Gasteiger partial charge in [0, 0.05) is 29.4 Å². The fourth-order valence-electron chi connectivity index (χ4n) is 2.20. The van der Waals surface area contributed by atoms with E-state index < -0.39 is 0 Å². The molecule has 4 N–H and O–H groups in total. The van der Waals surface area contributed by atoms with Crippen LogP contribution in [0.4, 0.5) is 5.69 Å². The van der Waals surface area contributed by atoms with Crippen LogP contribution in [0, 0.1) is 6.92 Å². The monoisotopic (exact) mass is 325 g/mol. The van der Waals surface area contributed by atoms with Crippen LogP contribution in [-0.2, 0) is 0 Å². The van der Waals surface area contributed by atoms with E-state index in [0.29, 0.717) is 23.4 Å². The lowest BCUT2D eigenvalue weighted by Gasteiger charge is -2.12. The molecule has 0 saturated heterocycles. The molecule has 0 spiro atoms. The first kappa shape index (κ1) is 17.7. The van der Waals surface area contributed by atoms with Gasteiger partial charge in [-0.15, -0.1) is 0 Å². The number of aryl methyl sites for hydroxylation is 1. The fraction of sp³-hybridized carbons (Fsp3) is 0.263. The van der Waals surface area contributed by atoms with Crippen LogP contribution in [0.3, 0.4) is 0 Å². The zero-order chi connectivity index (χ0) is 17.5. The quantitative estimate of drug-likeness (QED) is 0.763. The van der Waals surface area contributed by atoms with Crippen LogP contribution in [0.1, 0.15) is 39.6 Å². The van der Waals surface area contributed by atoms with Crippen molar-refractivity contribution < 1.29 is 9.59 Å². The topological polar surface area (TPSA) is 84.2 Å². The molecule has 24 heavy (non-hydrogen) atoms. The third-order valence-corrected chi connectivity index (χ3v) is 3.67. The van der Waals surface area contributed by atoms with Crippen molar-refractivity contribution in [1.82, 2.24) is 5.32 Å². The lowest BCUT2D eigenvalue weighted by Crippen LogP contribution is -2.29. The standard InChI is InChI=1S/C19H23N3O2/c1-13-8-9-16(18(23)21-11-10-14(2)20)12-17(13)22-19(24)15-6-4-3-5-7-15/h3-9,12,14H,10-11,20H2,1-2H3,(H,21,23)(H,22,24). The van der Waals surface area contributed by atoms with Crippen molar-refractivity contribution >= 4 is 17.5 Å². The van der Waals surface area contributed by atoms with Gasteiger partial charge in [-0.1, -0.05) is 24.3 Å². The summed E-state index contributed by atoms with van der Waals surface area (Å²) in [6.07, 6.45) is 0.717. The van der Waals surface area contributed by atoms with E-state index >= 15 is 0 Å². The van der Waals surface area contributed by atoms with Crippen molar-refractivity contribution in [2.75, 3.05) is 11.9 Å².